The number of nitrogens with one attached hydrogen (secondary N) is 1. The first-order valence-electron chi connectivity index (χ1n) is 9.41. The summed E-state index contributed by atoms with van der Waals surface area (Å²) < 4.78 is 0. The fourth-order valence-electron chi connectivity index (χ4n) is 4.68. The molecule has 2 fully saturated rings. The highest BCUT2D eigenvalue weighted by Crippen LogP contribution is 2.42. The third-order valence-electron chi connectivity index (χ3n) is 5.77. The van der Waals surface area contributed by atoms with Crippen molar-refractivity contribution in [3.05, 3.63) is 34.3 Å². The van der Waals surface area contributed by atoms with E-state index in [2.05, 4.69) is 15.3 Å². The fourth-order valence-corrected chi connectivity index (χ4v) is 5.08. The van der Waals surface area contributed by atoms with Crippen LogP contribution in [-0.2, 0) is 0 Å². The smallest absolute Gasteiger partial charge is 0.222 e. The summed E-state index contributed by atoms with van der Waals surface area (Å²) in [6, 6.07) is 7.41. The van der Waals surface area contributed by atoms with Crippen molar-refractivity contribution in [3.63, 3.8) is 0 Å². The van der Waals surface area contributed by atoms with Crippen molar-refractivity contribution in [2.24, 2.45) is 17.8 Å². The summed E-state index contributed by atoms with van der Waals surface area (Å²) in [7, 11) is 0. The predicted octanol–water partition coefficient (Wildman–Crippen LogP) is 5.66. The van der Waals surface area contributed by atoms with Crippen LogP contribution in [0.2, 0.25) is 10.0 Å². The number of halogens is 2. The molecule has 4 rings (SSSR count). The number of fused-ring (bicyclic) bond motifs is 2. The standard InChI is InChI=1S/C20H24Cl2N4/c21-16-6-2-5-15(19(16)22)17-10-18(26-20(23)25-17)24-11-14-8-12-3-1-4-13(7-12)9-14/h2,5-6,10,12-14H,1,3-4,7-9,11H2,(H3,23,24,25,26). The lowest BCUT2D eigenvalue weighted by atomic mass is 9.68. The van der Waals surface area contributed by atoms with E-state index < -0.39 is 0 Å². The van der Waals surface area contributed by atoms with E-state index in [4.69, 9.17) is 28.9 Å². The van der Waals surface area contributed by atoms with Crippen LogP contribution in [0.1, 0.15) is 38.5 Å². The van der Waals surface area contributed by atoms with Crippen LogP contribution in [0, 0.1) is 17.8 Å². The molecule has 26 heavy (non-hydrogen) atoms. The lowest BCUT2D eigenvalue weighted by Gasteiger charge is -2.39. The predicted molar refractivity (Wildman–Crippen MR) is 109 cm³/mol. The van der Waals surface area contributed by atoms with Gasteiger partial charge in [-0.25, -0.2) is 4.98 Å². The van der Waals surface area contributed by atoms with Gasteiger partial charge in [-0.2, -0.15) is 4.98 Å². The highest BCUT2D eigenvalue weighted by atomic mass is 35.5. The Morgan fingerprint density at radius 2 is 1.85 bits per heavy atom. The number of hydrogen-bond donors (Lipinski definition) is 2. The van der Waals surface area contributed by atoms with Crippen LogP contribution >= 0.6 is 23.2 Å². The van der Waals surface area contributed by atoms with Crippen molar-refractivity contribution in [2.75, 3.05) is 17.6 Å². The molecule has 0 aliphatic heterocycles. The Balaban J connectivity index is 1.49. The Hall–Kier alpha value is -1.52. The maximum Gasteiger partial charge on any atom is 0.222 e. The molecule has 2 aromatic rings. The van der Waals surface area contributed by atoms with Gasteiger partial charge in [0, 0.05) is 18.2 Å². The maximum atomic E-state index is 6.33. The minimum atomic E-state index is 0.238. The first-order valence-corrected chi connectivity index (χ1v) is 10.2. The Bertz CT molecular complexity index is 783. The van der Waals surface area contributed by atoms with E-state index in [1.807, 2.05) is 18.2 Å². The van der Waals surface area contributed by atoms with E-state index >= 15 is 0 Å². The molecule has 1 aromatic heterocycles. The molecule has 138 valence electrons. The van der Waals surface area contributed by atoms with Crippen molar-refractivity contribution in [1.82, 2.24) is 9.97 Å². The number of nitrogen functional groups attached to an aromatic ring is 1. The minimum Gasteiger partial charge on any atom is -0.370 e. The molecule has 2 aliphatic carbocycles. The number of hydrogen-bond acceptors (Lipinski definition) is 4. The summed E-state index contributed by atoms with van der Waals surface area (Å²) in [6.07, 6.45) is 8.33. The molecule has 4 nitrogen and oxygen atoms in total. The molecular weight excluding hydrogens is 367 g/mol. The van der Waals surface area contributed by atoms with Gasteiger partial charge < -0.3 is 11.1 Å². The monoisotopic (exact) mass is 390 g/mol. The molecule has 2 bridgehead atoms. The van der Waals surface area contributed by atoms with Crippen LogP contribution in [-0.4, -0.2) is 16.5 Å². The van der Waals surface area contributed by atoms with Crippen LogP contribution < -0.4 is 11.1 Å². The van der Waals surface area contributed by atoms with Gasteiger partial charge in [0.1, 0.15) is 5.82 Å². The summed E-state index contributed by atoms with van der Waals surface area (Å²) in [4.78, 5) is 8.68. The second-order valence-corrected chi connectivity index (χ2v) is 8.50. The van der Waals surface area contributed by atoms with Crippen molar-refractivity contribution in [3.8, 4) is 11.3 Å². The fraction of sp³-hybridized carbons (Fsp3) is 0.500. The lowest BCUT2D eigenvalue weighted by molar-refractivity contribution is 0.143. The van der Waals surface area contributed by atoms with E-state index in [1.54, 1.807) is 6.07 Å². The largest absolute Gasteiger partial charge is 0.370 e. The molecular formula is C20H24Cl2N4. The minimum absolute atomic E-state index is 0.238. The molecule has 0 radical (unpaired) electrons. The van der Waals surface area contributed by atoms with Gasteiger partial charge in [0.15, 0.2) is 0 Å². The Morgan fingerprint density at radius 1 is 1.08 bits per heavy atom. The van der Waals surface area contributed by atoms with Gasteiger partial charge in [0.25, 0.3) is 0 Å². The Morgan fingerprint density at radius 3 is 2.62 bits per heavy atom. The highest BCUT2D eigenvalue weighted by molar-refractivity contribution is 6.43. The van der Waals surface area contributed by atoms with Gasteiger partial charge in [0.2, 0.25) is 5.95 Å². The second kappa shape index (κ2) is 7.61. The molecule has 6 heteroatoms. The summed E-state index contributed by atoms with van der Waals surface area (Å²) in [5, 5.41) is 4.47. The summed E-state index contributed by atoms with van der Waals surface area (Å²) in [5.74, 6) is 3.55. The van der Waals surface area contributed by atoms with E-state index in [-0.39, 0.29) is 5.95 Å². The van der Waals surface area contributed by atoms with Gasteiger partial charge in [0.05, 0.1) is 15.7 Å². The molecule has 0 amide bonds. The van der Waals surface area contributed by atoms with Crippen LogP contribution in [0.3, 0.4) is 0 Å². The van der Waals surface area contributed by atoms with Crippen LogP contribution in [0.4, 0.5) is 11.8 Å². The zero-order chi connectivity index (χ0) is 18.1. The number of rotatable bonds is 4. The van der Waals surface area contributed by atoms with Gasteiger partial charge in [-0.3, -0.25) is 0 Å². The number of benzene rings is 1. The Labute approximate surface area is 164 Å². The number of aromatic nitrogens is 2. The zero-order valence-electron chi connectivity index (χ0n) is 14.7. The van der Waals surface area contributed by atoms with Crippen LogP contribution in [0.5, 0.6) is 0 Å². The Kier molecular flexibility index (Phi) is 5.23. The van der Waals surface area contributed by atoms with E-state index in [0.29, 0.717) is 21.7 Å². The van der Waals surface area contributed by atoms with Gasteiger partial charge in [-0.05, 0) is 43.1 Å². The molecule has 1 heterocycles. The lowest BCUT2D eigenvalue weighted by Crippen LogP contribution is -2.30. The summed E-state index contributed by atoms with van der Waals surface area (Å²) in [5.41, 5.74) is 7.39. The zero-order valence-corrected chi connectivity index (χ0v) is 16.2. The topological polar surface area (TPSA) is 63.8 Å². The molecule has 1 aromatic carbocycles. The van der Waals surface area contributed by atoms with Gasteiger partial charge in [-0.1, -0.05) is 54.6 Å². The highest BCUT2D eigenvalue weighted by Gasteiger charge is 2.31. The van der Waals surface area contributed by atoms with Gasteiger partial charge >= 0.3 is 0 Å². The average Bonchev–Trinajstić information content (AvgIpc) is 2.61. The molecule has 3 N–H and O–H groups in total. The summed E-state index contributed by atoms with van der Waals surface area (Å²) in [6.45, 7) is 0.937. The summed E-state index contributed by atoms with van der Waals surface area (Å²) >= 11 is 12.5. The number of nitrogens with zero attached hydrogens (tertiary/aromatic N) is 2. The van der Waals surface area contributed by atoms with Crippen LogP contribution in [0.25, 0.3) is 11.3 Å². The van der Waals surface area contributed by atoms with Crippen LogP contribution in [0.15, 0.2) is 24.3 Å². The second-order valence-electron chi connectivity index (χ2n) is 7.71. The maximum absolute atomic E-state index is 6.33. The average molecular weight is 391 g/mol. The molecule has 0 saturated heterocycles. The van der Waals surface area contributed by atoms with E-state index in [0.717, 1.165) is 29.8 Å². The van der Waals surface area contributed by atoms with E-state index in [1.165, 1.54) is 38.5 Å². The number of nitrogens with two attached hydrogens (primary N) is 1. The van der Waals surface area contributed by atoms with Crippen molar-refractivity contribution < 1.29 is 0 Å². The molecule has 0 spiro atoms. The van der Waals surface area contributed by atoms with Crippen molar-refractivity contribution >= 4 is 35.0 Å². The van der Waals surface area contributed by atoms with Crippen molar-refractivity contribution in [1.29, 1.82) is 0 Å². The molecule has 2 atom stereocenters. The quantitative estimate of drug-likeness (QED) is 0.706. The first-order chi connectivity index (χ1) is 12.6. The number of anilines is 2. The first kappa shape index (κ1) is 17.9. The third-order valence-corrected chi connectivity index (χ3v) is 6.59. The molecule has 2 unspecified atom stereocenters. The molecule has 2 saturated carbocycles. The third kappa shape index (κ3) is 3.91. The normalized spacial score (nSPS) is 25.1. The molecule has 2 aliphatic rings. The van der Waals surface area contributed by atoms with Gasteiger partial charge in [-0.15, -0.1) is 0 Å². The van der Waals surface area contributed by atoms with Crippen molar-refractivity contribution in [2.45, 2.75) is 38.5 Å². The van der Waals surface area contributed by atoms with E-state index in [9.17, 15) is 0 Å². The SMILES string of the molecule is Nc1nc(NCC2CC3CCCC(C3)C2)cc(-c2cccc(Cl)c2Cl)n1.